The molecule has 3 heteroatoms. The first kappa shape index (κ1) is 7.53. The van der Waals surface area contributed by atoms with Gasteiger partial charge in [-0.05, 0) is 12.3 Å². The van der Waals surface area contributed by atoms with Gasteiger partial charge in [0, 0.05) is 38.8 Å². The predicted octanol–water partition coefficient (Wildman–Crippen LogP) is -0.728. The maximum Gasteiger partial charge on any atom is 0.0472 e. The minimum Gasteiger partial charge on any atom is -0.396 e. The molecule has 2 rings (SSSR count). The largest absolute Gasteiger partial charge is 0.396 e. The molecule has 0 aromatic heterocycles. The van der Waals surface area contributed by atoms with Crippen LogP contribution in [0.25, 0.3) is 0 Å². The van der Waals surface area contributed by atoms with Crippen LogP contribution in [0, 0.1) is 5.92 Å². The Morgan fingerprint density at radius 3 is 3.18 bits per heavy atom. The summed E-state index contributed by atoms with van der Waals surface area (Å²) >= 11 is 0. The Hall–Kier alpha value is -0.120. The van der Waals surface area contributed by atoms with E-state index in [-0.39, 0.29) is 0 Å². The lowest BCUT2D eigenvalue weighted by Gasteiger charge is -2.29. The van der Waals surface area contributed by atoms with Crippen LogP contribution < -0.4 is 5.32 Å². The monoisotopic (exact) mass is 156 g/mol. The molecule has 64 valence electrons. The van der Waals surface area contributed by atoms with E-state index in [0.29, 0.717) is 18.6 Å². The van der Waals surface area contributed by atoms with Crippen LogP contribution in [0.1, 0.15) is 6.42 Å². The Balaban J connectivity index is 1.92. The van der Waals surface area contributed by atoms with Crippen LogP contribution in [0.15, 0.2) is 0 Å². The molecule has 0 saturated carbocycles. The van der Waals surface area contributed by atoms with E-state index in [1.165, 1.54) is 13.0 Å². The highest BCUT2D eigenvalue weighted by molar-refractivity contribution is 4.89. The lowest BCUT2D eigenvalue weighted by atomic mass is 10.1. The minimum atomic E-state index is 0.368. The van der Waals surface area contributed by atoms with Crippen LogP contribution in [0.5, 0.6) is 0 Å². The number of hydrogen-bond acceptors (Lipinski definition) is 3. The predicted molar refractivity (Wildman–Crippen MR) is 43.4 cm³/mol. The quantitative estimate of drug-likeness (QED) is 0.525. The number of nitrogens with zero attached hydrogens (tertiary/aromatic N) is 1. The molecular weight excluding hydrogens is 140 g/mol. The van der Waals surface area contributed by atoms with Gasteiger partial charge in [-0.15, -0.1) is 0 Å². The molecule has 2 aliphatic rings. The first-order chi connectivity index (χ1) is 5.40. The van der Waals surface area contributed by atoms with Gasteiger partial charge in [0.15, 0.2) is 0 Å². The normalized spacial score (nSPS) is 39.0. The Bertz CT molecular complexity index is 126. The fourth-order valence-electron chi connectivity index (χ4n) is 2.20. The van der Waals surface area contributed by atoms with Gasteiger partial charge in [0.2, 0.25) is 0 Å². The highest BCUT2D eigenvalue weighted by Gasteiger charge is 2.32. The number of hydrogen-bond donors (Lipinski definition) is 2. The van der Waals surface area contributed by atoms with Crippen molar-refractivity contribution in [1.82, 2.24) is 10.2 Å². The fraction of sp³-hybridized carbons (Fsp3) is 1.00. The lowest BCUT2D eigenvalue weighted by Crippen LogP contribution is -2.47. The zero-order valence-corrected chi connectivity index (χ0v) is 6.79. The van der Waals surface area contributed by atoms with E-state index in [0.717, 1.165) is 19.6 Å². The SMILES string of the molecule is OC[C@@H]1C[C@H]2CNCCN2C1. The second-order valence-corrected chi connectivity index (χ2v) is 3.64. The van der Waals surface area contributed by atoms with Crippen molar-refractivity contribution < 1.29 is 5.11 Å². The first-order valence-corrected chi connectivity index (χ1v) is 4.46. The molecule has 0 spiro atoms. The van der Waals surface area contributed by atoms with Gasteiger partial charge < -0.3 is 10.4 Å². The molecule has 0 unspecified atom stereocenters. The van der Waals surface area contributed by atoms with Gasteiger partial charge in [0.05, 0.1) is 0 Å². The van der Waals surface area contributed by atoms with Crippen LogP contribution >= 0.6 is 0 Å². The molecule has 2 atom stereocenters. The molecular formula is C8H16N2O. The Kier molecular flexibility index (Phi) is 2.11. The van der Waals surface area contributed by atoms with Gasteiger partial charge in [-0.1, -0.05) is 0 Å². The molecule has 0 aliphatic carbocycles. The highest BCUT2D eigenvalue weighted by Crippen LogP contribution is 2.23. The molecule has 2 saturated heterocycles. The molecule has 0 amide bonds. The number of rotatable bonds is 1. The van der Waals surface area contributed by atoms with E-state index in [2.05, 4.69) is 10.2 Å². The van der Waals surface area contributed by atoms with E-state index in [4.69, 9.17) is 5.11 Å². The van der Waals surface area contributed by atoms with Crippen molar-refractivity contribution in [3.8, 4) is 0 Å². The fourth-order valence-corrected chi connectivity index (χ4v) is 2.20. The smallest absolute Gasteiger partial charge is 0.0472 e. The molecule has 0 radical (unpaired) electrons. The Morgan fingerprint density at radius 1 is 1.55 bits per heavy atom. The molecule has 0 aromatic carbocycles. The van der Waals surface area contributed by atoms with Crippen molar-refractivity contribution in [2.45, 2.75) is 12.5 Å². The van der Waals surface area contributed by atoms with E-state index in [1.807, 2.05) is 0 Å². The number of aliphatic hydroxyl groups is 1. The topological polar surface area (TPSA) is 35.5 Å². The molecule has 2 N–H and O–H groups in total. The third-order valence-corrected chi connectivity index (χ3v) is 2.83. The number of piperazine rings is 1. The van der Waals surface area contributed by atoms with Crippen molar-refractivity contribution >= 4 is 0 Å². The van der Waals surface area contributed by atoms with Crippen molar-refractivity contribution in [3.63, 3.8) is 0 Å². The number of aliphatic hydroxyl groups excluding tert-OH is 1. The van der Waals surface area contributed by atoms with Gasteiger partial charge in [0.25, 0.3) is 0 Å². The summed E-state index contributed by atoms with van der Waals surface area (Å²) in [5.41, 5.74) is 0. The molecule has 2 heterocycles. The van der Waals surface area contributed by atoms with E-state index >= 15 is 0 Å². The summed E-state index contributed by atoms with van der Waals surface area (Å²) < 4.78 is 0. The standard InChI is InChI=1S/C8H16N2O/c11-6-7-3-8-4-9-1-2-10(8)5-7/h7-9,11H,1-6H2/t7-,8+/m1/s1. The van der Waals surface area contributed by atoms with Gasteiger partial charge in [-0.25, -0.2) is 0 Å². The molecule has 0 bridgehead atoms. The van der Waals surface area contributed by atoms with Crippen LogP contribution in [-0.2, 0) is 0 Å². The van der Waals surface area contributed by atoms with Gasteiger partial charge in [-0.2, -0.15) is 0 Å². The Labute approximate surface area is 67.4 Å². The molecule has 2 fully saturated rings. The summed E-state index contributed by atoms with van der Waals surface area (Å²) in [5.74, 6) is 0.542. The summed E-state index contributed by atoms with van der Waals surface area (Å²) in [6.45, 7) is 4.89. The van der Waals surface area contributed by atoms with Crippen molar-refractivity contribution in [2.24, 2.45) is 5.92 Å². The molecule has 3 nitrogen and oxygen atoms in total. The molecule has 0 aromatic rings. The lowest BCUT2D eigenvalue weighted by molar-refractivity contribution is 0.199. The van der Waals surface area contributed by atoms with E-state index < -0.39 is 0 Å². The molecule has 11 heavy (non-hydrogen) atoms. The summed E-state index contributed by atoms with van der Waals surface area (Å²) in [4.78, 5) is 2.50. The van der Waals surface area contributed by atoms with Gasteiger partial charge in [0.1, 0.15) is 0 Å². The third-order valence-electron chi connectivity index (χ3n) is 2.83. The van der Waals surface area contributed by atoms with E-state index in [9.17, 15) is 0 Å². The average molecular weight is 156 g/mol. The molecule has 2 aliphatic heterocycles. The van der Waals surface area contributed by atoms with Crippen LogP contribution in [0.2, 0.25) is 0 Å². The highest BCUT2D eigenvalue weighted by atomic mass is 16.3. The van der Waals surface area contributed by atoms with Gasteiger partial charge in [-0.3, -0.25) is 4.90 Å². The van der Waals surface area contributed by atoms with Crippen molar-refractivity contribution in [2.75, 3.05) is 32.8 Å². The third kappa shape index (κ3) is 1.41. The summed E-state index contributed by atoms with van der Waals surface area (Å²) in [6.07, 6.45) is 1.18. The Morgan fingerprint density at radius 2 is 2.45 bits per heavy atom. The second-order valence-electron chi connectivity index (χ2n) is 3.64. The minimum absolute atomic E-state index is 0.368. The zero-order chi connectivity index (χ0) is 7.68. The first-order valence-electron chi connectivity index (χ1n) is 4.46. The summed E-state index contributed by atoms with van der Waals surface area (Å²) in [7, 11) is 0. The maximum absolute atomic E-state index is 8.97. The van der Waals surface area contributed by atoms with Crippen LogP contribution in [0.3, 0.4) is 0 Å². The van der Waals surface area contributed by atoms with E-state index in [1.54, 1.807) is 0 Å². The summed E-state index contributed by atoms with van der Waals surface area (Å²) in [5, 5.41) is 12.3. The average Bonchev–Trinajstić information content (AvgIpc) is 2.46. The van der Waals surface area contributed by atoms with Crippen LogP contribution in [0.4, 0.5) is 0 Å². The number of fused-ring (bicyclic) bond motifs is 1. The summed E-state index contributed by atoms with van der Waals surface area (Å²) in [6, 6.07) is 0.709. The van der Waals surface area contributed by atoms with Crippen LogP contribution in [-0.4, -0.2) is 48.8 Å². The van der Waals surface area contributed by atoms with Gasteiger partial charge >= 0.3 is 0 Å². The number of nitrogens with one attached hydrogen (secondary N) is 1. The van der Waals surface area contributed by atoms with Crippen molar-refractivity contribution in [1.29, 1.82) is 0 Å². The maximum atomic E-state index is 8.97. The second kappa shape index (κ2) is 3.09. The van der Waals surface area contributed by atoms with Crippen molar-refractivity contribution in [3.05, 3.63) is 0 Å². The zero-order valence-electron chi connectivity index (χ0n) is 6.79.